The average molecular weight is 646 g/mol. The molecule has 0 spiro atoms. The fourth-order valence-corrected chi connectivity index (χ4v) is 6.50. The normalized spacial score (nSPS) is 17.4. The number of nitrogens with zero attached hydrogens (tertiary/aromatic N) is 3. The van der Waals surface area contributed by atoms with E-state index in [1.807, 2.05) is 41.8 Å². The molecule has 10 heteroatoms. The van der Waals surface area contributed by atoms with E-state index < -0.39 is 11.8 Å². The summed E-state index contributed by atoms with van der Waals surface area (Å²) in [5.74, 6) is 1.22. The number of ether oxygens (including phenoxy) is 2. The van der Waals surface area contributed by atoms with Crippen molar-refractivity contribution in [1.29, 1.82) is 0 Å². The molecule has 4 aromatic rings. The molecule has 48 heavy (non-hydrogen) atoms. The number of aromatic nitrogens is 1. The Hall–Kier alpha value is -5.48. The van der Waals surface area contributed by atoms with Crippen molar-refractivity contribution in [1.82, 2.24) is 20.2 Å². The van der Waals surface area contributed by atoms with Gasteiger partial charge in [0, 0.05) is 55.0 Å². The number of carbonyl (C=O) groups is 2. The minimum absolute atomic E-state index is 0.0398. The van der Waals surface area contributed by atoms with E-state index in [2.05, 4.69) is 26.8 Å². The zero-order valence-electron chi connectivity index (χ0n) is 27.1. The van der Waals surface area contributed by atoms with E-state index in [1.165, 1.54) is 0 Å². The summed E-state index contributed by atoms with van der Waals surface area (Å²) in [4.78, 5) is 41.2. The largest absolute Gasteiger partial charge is 0.497 e. The number of benzene rings is 3. The third kappa shape index (κ3) is 7.72. The molecule has 2 atom stereocenters. The number of pyridine rings is 1. The van der Waals surface area contributed by atoms with Gasteiger partial charge in [0.05, 0.1) is 19.9 Å². The second-order valence-electron chi connectivity index (χ2n) is 12.0. The predicted octanol–water partition coefficient (Wildman–Crippen LogP) is 4.80. The molecule has 1 fully saturated rings. The van der Waals surface area contributed by atoms with Gasteiger partial charge in [-0.25, -0.2) is 5.43 Å². The molecule has 3 aromatic carbocycles. The summed E-state index contributed by atoms with van der Waals surface area (Å²) in [6, 6.07) is 27.2. The van der Waals surface area contributed by atoms with Gasteiger partial charge in [-0.3, -0.25) is 19.3 Å². The third-order valence-corrected chi connectivity index (χ3v) is 8.67. The first-order valence-corrected chi connectivity index (χ1v) is 16.1. The van der Waals surface area contributed by atoms with Crippen LogP contribution >= 0.6 is 0 Å². The van der Waals surface area contributed by atoms with Crippen molar-refractivity contribution in [3.63, 3.8) is 0 Å². The number of likely N-dealkylation sites (tertiary alicyclic amines) is 1. The standard InChI is InChI=1S/C38H39N5O5/c1-3-48-35-17-14-27(18-31(35)25-42-22-28-19-30(24-42)34-10-7-11-36(44)43(34)23-28)21-39-41-38(46)33(20-26-12-15-32(47-2)16-13-26)40-37(45)29-8-5-4-6-9-29/h4-18,20-21,28,30H,3,19,22-25H2,1-2H3,(H,40,45)(H,41,46)/b33-20+,39-21-/t28-,30+/m1/s1. The van der Waals surface area contributed by atoms with Crippen LogP contribution in [0.2, 0.25) is 0 Å². The van der Waals surface area contributed by atoms with Gasteiger partial charge < -0.3 is 19.4 Å². The fraction of sp³-hybridized carbons (Fsp3) is 0.263. The maximum Gasteiger partial charge on any atom is 0.287 e. The van der Waals surface area contributed by atoms with E-state index in [0.717, 1.165) is 48.6 Å². The lowest BCUT2D eigenvalue weighted by Gasteiger charge is -2.43. The molecule has 1 saturated heterocycles. The van der Waals surface area contributed by atoms with Crippen LogP contribution in [0.4, 0.5) is 0 Å². The summed E-state index contributed by atoms with van der Waals surface area (Å²) in [6.45, 7) is 5.69. The summed E-state index contributed by atoms with van der Waals surface area (Å²) in [7, 11) is 1.58. The summed E-state index contributed by atoms with van der Waals surface area (Å²) in [6.07, 6.45) is 4.25. The topological polar surface area (TPSA) is 114 Å². The number of amides is 2. The number of rotatable bonds is 11. The maximum absolute atomic E-state index is 13.3. The molecule has 2 aliphatic rings. The van der Waals surface area contributed by atoms with Gasteiger partial charge in [0.2, 0.25) is 0 Å². The molecule has 2 bridgehead atoms. The number of nitrogens with one attached hydrogen (secondary N) is 2. The monoisotopic (exact) mass is 645 g/mol. The first kappa shape index (κ1) is 32.5. The lowest BCUT2D eigenvalue weighted by Crippen LogP contribution is -2.46. The zero-order valence-corrected chi connectivity index (χ0v) is 27.1. The van der Waals surface area contributed by atoms with Crippen molar-refractivity contribution >= 4 is 24.1 Å². The van der Waals surface area contributed by atoms with E-state index in [4.69, 9.17) is 9.47 Å². The first-order chi connectivity index (χ1) is 23.4. The molecule has 2 aliphatic heterocycles. The average Bonchev–Trinajstić information content (AvgIpc) is 3.10. The van der Waals surface area contributed by atoms with Gasteiger partial charge >= 0.3 is 0 Å². The van der Waals surface area contributed by atoms with Crippen LogP contribution in [0.5, 0.6) is 11.5 Å². The molecule has 0 aliphatic carbocycles. The number of methoxy groups -OCH3 is 1. The summed E-state index contributed by atoms with van der Waals surface area (Å²) < 4.78 is 13.2. The highest BCUT2D eigenvalue weighted by Crippen LogP contribution is 2.36. The van der Waals surface area contributed by atoms with Gasteiger partial charge in [-0.15, -0.1) is 0 Å². The summed E-state index contributed by atoms with van der Waals surface area (Å²) in [5, 5.41) is 6.96. The number of hydrogen-bond donors (Lipinski definition) is 2. The van der Waals surface area contributed by atoms with E-state index in [0.29, 0.717) is 41.9 Å². The van der Waals surface area contributed by atoms with Gasteiger partial charge in [-0.1, -0.05) is 36.4 Å². The zero-order chi connectivity index (χ0) is 33.5. The number of piperidine rings is 1. The molecule has 246 valence electrons. The highest BCUT2D eigenvalue weighted by atomic mass is 16.5. The van der Waals surface area contributed by atoms with Crippen molar-refractivity contribution in [3.05, 3.63) is 135 Å². The van der Waals surface area contributed by atoms with Crippen LogP contribution in [0, 0.1) is 5.92 Å². The molecule has 0 saturated carbocycles. The lowest BCUT2D eigenvalue weighted by molar-refractivity contribution is -0.117. The SMILES string of the molecule is CCOc1ccc(/C=N\NC(=O)/C(=C\c2ccc(OC)cc2)NC(=O)c2ccccc2)cc1CN1C[C@H]2C[C@@H](C1)c1cccc(=O)n1C2. The van der Waals surface area contributed by atoms with Crippen LogP contribution in [0.25, 0.3) is 6.08 Å². The Balaban J connectivity index is 1.17. The Morgan fingerprint density at radius 2 is 1.73 bits per heavy atom. The fourth-order valence-electron chi connectivity index (χ4n) is 6.50. The van der Waals surface area contributed by atoms with Crippen molar-refractivity contribution in [2.24, 2.45) is 11.0 Å². The van der Waals surface area contributed by atoms with Gasteiger partial charge in [-0.2, -0.15) is 5.10 Å². The molecule has 2 N–H and O–H groups in total. The van der Waals surface area contributed by atoms with Gasteiger partial charge in [-0.05, 0) is 85.0 Å². The highest BCUT2D eigenvalue weighted by molar-refractivity contribution is 6.05. The molecule has 10 nitrogen and oxygen atoms in total. The van der Waals surface area contributed by atoms with Crippen molar-refractivity contribution in [2.45, 2.75) is 32.4 Å². The maximum atomic E-state index is 13.3. The van der Waals surface area contributed by atoms with E-state index in [-0.39, 0.29) is 11.3 Å². The number of hydrogen-bond acceptors (Lipinski definition) is 7. The molecule has 2 amide bonds. The van der Waals surface area contributed by atoms with Crippen LogP contribution in [-0.2, 0) is 17.9 Å². The Kier molecular flexibility index (Phi) is 10.1. The summed E-state index contributed by atoms with van der Waals surface area (Å²) >= 11 is 0. The van der Waals surface area contributed by atoms with E-state index in [9.17, 15) is 14.4 Å². The van der Waals surface area contributed by atoms with Crippen molar-refractivity contribution in [3.8, 4) is 11.5 Å². The number of fused-ring (bicyclic) bond motifs is 4. The highest BCUT2D eigenvalue weighted by Gasteiger charge is 2.34. The Morgan fingerprint density at radius 1 is 0.938 bits per heavy atom. The Morgan fingerprint density at radius 3 is 2.50 bits per heavy atom. The van der Waals surface area contributed by atoms with E-state index >= 15 is 0 Å². The quantitative estimate of drug-likeness (QED) is 0.138. The van der Waals surface area contributed by atoms with E-state index in [1.54, 1.807) is 74.0 Å². The molecular weight excluding hydrogens is 606 g/mol. The molecule has 0 unspecified atom stereocenters. The van der Waals surface area contributed by atoms with Crippen LogP contribution in [0.3, 0.4) is 0 Å². The second kappa shape index (κ2) is 15.0. The Bertz CT molecular complexity index is 1880. The summed E-state index contributed by atoms with van der Waals surface area (Å²) in [5.41, 5.74) is 6.73. The van der Waals surface area contributed by atoms with Crippen LogP contribution in [-0.4, -0.2) is 54.3 Å². The number of hydrazone groups is 1. The number of carbonyl (C=O) groups excluding carboxylic acids is 2. The minimum Gasteiger partial charge on any atom is -0.497 e. The molecular formula is C38H39N5O5. The third-order valence-electron chi connectivity index (χ3n) is 8.67. The smallest absolute Gasteiger partial charge is 0.287 e. The Labute approximate surface area is 279 Å². The second-order valence-corrected chi connectivity index (χ2v) is 12.0. The van der Waals surface area contributed by atoms with Gasteiger partial charge in [0.1, 0.15) is 17.2 Å². The molecule has 3 heterocycles. The minimum atomic E-state index is -0.572. The molecule has 6 rings (SSSR count). The lowest BCUT2D eigenvalue weighted by atomic mass is 9.83. The molecule has 0 radical (unpaired) electrons. The van der Waals surface area contributed by atoms with Crippen LogP contribution in [0.1, 0.15) is 52.0 Å². The van der Waals surface area contributed by atoms with Crippen LogP contribution in [0.15, 0.2) is 107 Å². The first-order valence-electron chi connectivity index (χ1n) is 16.1. The van der Waals surface area contributed by atoms with Gasteiger partial charge in [0.25, 0.3) is 17.4 Å². The molecule has 1 aromatic heterocycles. The van der Waals surface area contributed by atoms with Gasteiger partial charge in [0.15, 0.2) is 0 Å². The predicted molar refractivity (Wildman–Crippen MR) is 185 cm³/mol. The van der Waals surface area contributed by atoms with Crippen LogP contribution < -0.4 is 25.8 Å². The van der Waals surface area contributed by atoms with Crippen molar-refractivity contribution in [2.75, 3.05) is 26.8 Å². The van der Waals surface area contributed by atoms with Crippen molar-refractivity contribution < 1.29 is 19.1 Å².